The second-order valence-electron chi connectivity index (χ2n) is 7.62. The Balaban J connectivity index is 1.57. The van der Waals surface area contributed by atoms with Gasteiger partial charge in [0.05, 0.1) is 17.9 Å². The van der Waals surface area contributed by atoms with Gasteiger partial charge in [0.25, 0.3) is 5.91 Å². The van der Waals surface area contributed by atoms with Crippen LogP contribution in [0.2, 0.25) is 0 Å². The second kappa shape index (κ2) is 6.24. The zero-order valence-corrected chi connectivity index (χ0v) is 15.2. The SMILES string of the molecule is CC(C)Cc1ncc2c(n1)CN(C(=O)c1c3c(nn1C)CCCC3)C2. The molecule has 1 aliphatic carbocycles. The van der Waals surface area contributed by atoms with Gasteiger partial charge < -0.3 is 4.90 Å². The third kappa shape index (κ3) is 2.94. The minimum Gasteiger partial charge on any atom is -0.327 e. The lowest BCUT2D eigenvalue weighted by Crippen LogP contribution is -2.28. The summed E-state index contributed by atoms with van der Waals surface area (Å²) in [6.45, 7) is 5.49. The fraction of sp³-hybridized carbons (Fsp3) is 0.579. The molecule has 2 aromatic heterocycles. The first-order valence-electron chi connectivity index (χ1n) is 9.20. The molecule has 0 bridgehead atoms. The molecule has 6 nitrogen and oxygen atoms in total. The number of aromatic nitrogens is 4. The van der Waals surface area contributed by atoms with E-state index in [0.29, 0.717) is 19.0 Å². The van der Waals surface area contributed by atoms with Gasteiger partial charge in [-0.15, -0.1) is 0 Å². The zero-order valence-electron chi connectivity index (χ0n) is 15.2. The van der Waals surface area contributed by atoms with Crippen LogP contribution < -0.4 is 0 Å². The Morgan fingerprint density at radius 1 is 1.20 bits per heavy atom. The highest BCUT2D eigenvalue weighted by Gasteiger charge is 2.31. The van der Waals surface area contributed by atoms with Crippen molar-refractivity contribution in [2.45, 2.75) is 59.0 Å². The number of hydrogen-bond donors (Lipinski definition) is 0. The summed E-state index contributed by atoms with van der Waals surface area (Å²) < 4.78 is 1.77. The normalized spacial score (nSPS) is 16.2. The van der Waals surface area contributed by atoms with E-state index in [-0.39, 0.29) is 5.91 Å². The van der Waals surface area contributed by atoms with E-state index >= 15 is 0 Å². The fourth-order valence-corrected chi connectivity index (χ4v) is 3.90. The summed E-state index contributed by atoms with van der Waals surface area (Å²) in [5.41, 5.74) is 5.08. The first kappa shape index (κ1) is 16.2. The number of aryl methyl sites for hydroxylation is 2. The molecule has 3 heterocycles. The molecule has 0 spiro atoms. The van der Waals surface area contributed by atoms with Crippen LogP contribution in [0.5, 0.6) is 0 Å². The summed E-state index contributed by atoms with van der Waals surface area (Å²) >= 11 is 0. The smallest absolute Gasteiger partial charge is 0.273 e. The van der Waals surface area contributed by atoms with E-state index < -0.39 is 0 Å². The van der Waals surface area contributed by atoms with E-state index in [9.17, 15) is 4.79 Å². The number of amides is 1. The quantitative estimate of drug-likeness (QED) is 0.861. The summed E-state index contributed by atoms with van der Waals surface area (Å²) in [7, 11) is 1.88. The van der Waals surface area contributed by atoms with Crippen LogP contribution in [-0.2, 0) is 39.4 Å². The molecule has 0 aromatic carbocycles. The number of hydrogen-bond acceptors (Lipinski definition) is 4. The van der Waals surface area contributed by atoms with Crippen molar-refractivity contribution in [3.63, 3.8) is 0 Å². The van der Waals surface area contributed by atoms with Crippen molar-refractivity contribution in [3.05, 3.63) is 40.2 Å². The third-order valence-corrected chi connectivity index (χ3v) is 5.11. The second-order valence-corrected chi connectivity index (χ2v) is 7.62. The van der Waals surface area contributed by atoms with Crippen LogP contribution in [0.4, 0.5) is 0 Å². The predicted molar refractivity (Wildman–Crippen MR) is 94.0 cm³/mol. The Labute approximate surface area is 148 Å². The van der Waals surface area contributed by atoms with Gasteiger partial charge in [-0.3, -0.25) is 9.48 Å². The number of carbonyl (C=O) groups excluding carboxylic acids is 1. The average Bonchev–Trinajstić information content (AvgIpc) is 3.13. The maximum Gasteiger partial charge on any atom is 0.273 e. The molecule has 0 unspecified atom stereocenters. The van der Waals surface area contributed by atoms with Crippen molar-refractivity contribution in [1.29, 1.82) is 0 Å². The van der Waals surface area contributed by atoms with E-state index in [4.69, 9.17) is 0 Å². The molecular weight excluding hydrogens is 314 g/mol. The highest BCUT2D eigenvalue weighted by molar-refractivity contribution is 5.94. The van der Waals surface area contributed by atoms with Gasteiger partial charge in [-0.25, -0.2) is 9.97 Å². The van der Waals surface area contributed by atoms with Gasteiger partial charge >= 0.3 is 0 Å². The molecule has 0 radical (unpaired) electrons. The Morgan fingerprint density at radius 2 is 2.00 bits per heavy atom. The van der Waals surface area contributed by atoms with E-state index in [1.54, 1.807) is 4.68 Å². The molecule has 132 valence electrons. The fourth-order valence-electron chi connectivity index (χ4n) is 3.90. The van der Waals surface area contributed by atoms with Crippen LogP contribution in [0.15, 0.2) is 6.20 Å². The van der Waals surface area contributed by atoms with Crippen LogP contribution in [-0.4, -0.2) is 30.6 Å². The topological polar surface area (TPSA) is 63.9 Å². The van der Waals surface area contributed by atoms with E-state index in [1.165, 1.54) is 6.42 Å². The Hall–Kier alpha value is -2.24. The lowest BCUT2D eigenvalue weighted by atomic mass is 9.95. The van der Waals surface area contributed by atoms with Gasteiger partial charge in [0.2, 0.25) is 0 Å². The molecule has 6 heteroatoms. The molecule has 0 fully saturated rings. The molecule has 4 rings (SSSR count). The van der Waals surface area contributed by atoms with Crippen molar-refractivity contribution in [2.24, 2.45) is 13.0 Å². The maximum atomic E-state index is 13.1. The molecular formula is C19H25N5O. The predicted octanol–water partition coefficient (Wildman–Crippen LogP) is 2.44. The van der Waals surface area contributed by atoms with Crippen LogP contribution in [0, 0.1) is 5.92 Å². The van der Waals surface area contributed by atoms with Gasteiger partial charge in [0, 0.05) is 37.3 Å². The minimum absolute atomic E-state index is 0.0709. The Bertz CT molecular complexity index is 823. The Morgan fingerprint density at radius 3 is 2.80 bits per heavy atom. The van der Waals surface area contributed by atoms with Gasteiger partial charge in [0.15, 0.2) is 0 Å². The summed E-state index contributed by atoms with van der Waals surface area (Å²) in [5, 5.41) is 4.58. The molecule has 2 aromatic rings. The maximum absolute atomic E-state index is 13.1. The lowest BCUT2D eigenvalue weighted by molar-refractivity contribution is 0.0738. The zero-order chi connectivity index (χ0) is 17.6. The summed E-state index contributed by atoms with van der Waals surface area (Å²) in [4.78, 5) is 24.2. The van der Waals surface area contributed by atoms with Crippen molar-refractivity contribution in [1.82, 2.24) is 24.6 Å². The summed E-state index contributed by atoms with van der Waals surface area (Å²) in [6, 6.07) is 0. The van der Waals surface area contributed by atoms with Crippen molar-refractivity contribution < 1.29 is 4.79 Å². The first-order valence-corrected chi connectivity index (χ1v) is 9.20. The van der Waals surface area contributed by atoms with Crippen molar-refractivity contribution in [3.8, 4) is 0 Å². The lowest BCUT2D eigenvalue weighted by Gasteiger charge is -2.17. The highest BCUT2D eigenvalue weighted by Crippen LogP contribution is 2.28. The molecule has 0 atom stereocenters. The van der Waals surface area contributed by atoms with E-state index in [0.717, 1.165) is 59.7 Å². The number of carbonyl (C=O) groups is 1. The molecule has 1 aliphatic heterocycles. The van der Waals surface area contributed by atoms with E-state index in [1.807, 2.05) is 18.1 Å². The average molecular weight is 339 g/mol. The molecule has 0 saturated heterocycles. The van der Waals surface area contributed by atoms with Gasteiger partial charge in [-0.1, -0.05) is 13.8 Å². The molecule has 25 heavy (non-hydrogen) atoms. The first-order chi connectivity index (χ1) is 12.0. The Kier molecular flexibility index (Phi) is 4.06. The monoisotopic (exact) mass is 339 g/mol. The molecule has 0 saturated carbocycles. The largest absolute Gasteiger partial charge is 0.327 e. The van der Waals surface area contributed by atoms with Gasteiger partial charge in [-0.2, -0.15) is 5.10 Å². The summed E-state index contributed by atoms with van der Waals surface area (Å²) in [6.07, 6.45) is 7.02. The van der Waals surface area contributed by atoms with Crippen LogP contribution in [0.3, 0.4) is 0 Å². The highest BCUT2D eigenvalue weighted by atomic mass is 16.2. The molecule has 1 amide bonds. The van der Waals surface area contributed by atoms with Crippen LogP contribution >= 0.6 is 0 Å². The van der Waals surface area contributed by atoms with Crippen molar-refractivity contribution in [2.75, 3.05) is 0 Å². The minimum atomic E-state index is 0.0709. The standard InChI is InChI=1S/C19H25N5O/c1-12(2)8-17-20-9-13-10-24(11-16(13)21-17)19(25)18-14-6-4-5-7-15(14)22-23(18)3/h9,12H,4-8,10-11H2,1-3H3. The molecule has 0 N–H and O–H groups in total. The van der Waals surface area contributed by atoms with Gasteiger partial charge in [0.1, 0.15) is 11.5 Å². The van der Waals surface area contributed by atoms with Crippen LogP contribution in [0.1, 0.15) is 65.5 Å². The number of rotatable bonds is 3. The van der Waals surface area contributed by atoms with Crippen LogP contribution in [0.25, 0.3) is 0 Å². The van der Waals surface area contributed by atoms with Gasteiger partial charge in [-0.05, 0) is 31.6 Å². The van der Waals surface area contributed by atoms with Crippen molar-refractivity contribution >= 4 is 5.91 Å². The number of fused-ring (bicyclic) bond motifs is 2. The van der Waals surface area contributed by atoms with E-state index in [2.05, 4.69) is 28.9 Å². The summed E-state index contributed by atoms with van der Waals surface area (Å²) in [5.74, 6) is 1.47. The molecule has 2 aliphatic rings. The third-order valence-electron chi connectivity index (χ3n) is 5.11. The number of nitrogens with zero attached hydrogens (tertiary/aromatic N) is 5.